The van der Waals surface area contributed by atoms with E-state index in [0.29, 0.717) is 10.0 Å². The third kappa shape index (κ3) is 1.74. The van der Waals surface area contributed by atoms with Crippen molar-refractivity contribution >= 4 is 28.6 Å². The van der Waals surface area contributed by atoms with Gasteiger partial charge in [0.15, 0.2) is 0 Å². The molecule has 0 atom stereocenters. The Labute approximate surface area is 89.9 Å². The van der Waals surface area contributed by atoms with Crippen LogP contribution in [0.3, 0.4) is 0 Å². The average Bonchev–Trinajstić information content (AvgIpc) is 2.51. The van der Waals surface area contributed by atoms with E-state index in [1.54, 1.807) is 12.1 Å². The smallest absolute Gasteiger partial charge is 0.125 e. The van der Waals surface area contributed by atoms with Crippen molar-refractivity contribution in [1.82, 2.24) is 0 Å². The van der Waals surface area contributed by atoms with Gasteiger partial charge in [0.05, 0.1) is 4.34 Å². The fraction of sp³-hybridized carbons (Fsp3) is 0. The van der Waals surface area contributed by atoms with Crippen LogP contribution in [-0.4, -0.2) is 0 Å². The lowest BCUT2D eigenvalue weighted by Gasteiger charge is -2.01. The van der Waals surface area contributed by atoms with Gasteiger partial charge in [-0.15, -0.1) is 11.3 Å². The van der Waals surface area contributed by atoms with Gasteiger partial charge in [0, 0.05) is 16.1 Å². The lowest BCUT2D eigenvalue weighted by molar-refractivity contribution is 0.628. The van der Waals surface area contributed by atoms with Crippen LogP contribution in [0.1, 0.15) is 0 Å². The summed E-state index contributed by atoms with van der Waals surface area (Å²) in [4.78, 5) is 0.951. The van der Waals surface area contributed by atoms with E-state index in [4.69, 9.17) is 17.3 Å². The van der Waals surface area contributed by atoms with E-state index in [-0.39, 0.29) is 5.82 Å². The molecule has 72 valence electrons. The normalized spacial score (nSPS) is 10.4. The zero-order valence-corrected chi connectivity index (χ0v) is 8.70. The van der Waals surface area contributed by atoms with Crippen LogP contribution < -0.4 is 5.73 Å². The number of rotatable bonds is 1. The van der Waals surface area contributed by atoms with Crippen LogP contribution in [0, 0.1) is 5.82 Å². The SMILES string of the molecule is Nc1cc(F)ccc1-c1ccc(Cl)s1. The Bertz CT molecular complexity index is 467. The van der Waals surface area contributed by atoms with Gasteiger partial charge in [0.2, 0.25) is 0 Å². The number of thiophene rings is 1. The molecule has 2 N–H and O–H groups in total. The second kappa shape index (κ2) is 3.59. The molecule has 0 aliphatic carbocycles. The van der Waals surface area contributed by atoms with Crippen molar-refractivity contribution in [3.63, 3.8) is 0 Å². The van der Waals surface area contributed by atoms with E-state index in [1.807, 2.05) is 6.07 Å². The van der Waals surface area contributed by atoms with Gasteiger partial charge in [-0.05, 0) is 30.3 Å². The average molecular weight is 228 g/mol. The molecule has 1 aromatic carbocycles. The second-order valence-corrected chi connectivity index (χ2v) is 4.55. The molecular formula is C10H7ClFNS. The van der Waals surface area contributed by atoms with Crippen LogP contribution in [0.5, 0.6) is 0 Å². The van der Waals surface area contributed by atoms with Gasteiger partial charge in [0.1, 0.15) is 5.82 Å². The maximum absolute atomic E-state index is 12.8. The molecule has 1 aromatic heterocycles. The third-order valence-electron chi connectivity index (χ3n) is 1.85. The van der Waals surface area contributed by atoms with Crippen LogP contribution in [0.2, 0.25) is 4.34 Å². The van der Waals surface area contributed by atoms with Crippen LogP contribution in [0.4, 0.5) is 10.1 Å². The molecule has 0 fully saturated rings. The molecule has 2 rings (SSSR count). The summed E-state index contributed by atoms with van der Waals surface area (Å²) in [5.74, 6) is -0.325. The summed E-state index contributed by atoms with van der Waals surface area (Å²) in [7, 11) is 0. The van der Waals surface area contributed by atoms with E-state index in [1.165, 1.54) is 23.5 Å². The molecule has 2 aromatic rings. The molecule has 4 heteroatoms. The standard InChI is InChI=1S/C10H7ClFNS/c11-10-4-3-9(14-10)7-2-1-6(12)5-8(7)13/h1-5H,13H2. The van der Waals surface area contributed by atoms with Gasteiger partial charge >= 0.3 is 0 Å². The zero-order chi connectivity index (χ0) is 10.1. The zero-order valence-electron chi connectivity index (χ0n) is 7.13. The monoisotopic (exact) mass is 227 g/mol. The number of anilines is 1. The number of hydrogen-bond acceptors (Lipinski definition) is 2. The summed E-state index contributed by atoms with van der Waals surface area (Å²) in [5.41, 5.74) is 6.94. The van der Waals surface area contributed by atoms with Crippen molar-refractivity contribution < 1.29 is 4.39 Å². The van der Waals surface area contributed by atoms with E-state index >= 15 is 0 Å². The maximum Gasteiger partial charge on any atom is 0.125 e. The van der Waals surface area contributed by atoms with E-state index in [2.05, 4.69) is 0 Å². The van der Waals surface area contributed by atoms with E-state index < -0.39 is 0 Å². The maximum atomic E-state index is 12.8. The molecule has 0 aliphatic heterocycles. The quantitative estimate of drug-likeness (QED) is 0.737. The molecule has 1 heterocycles. The highest BCUT2D eigenvalue weighted by Crippen LogP contribution is 2.34. The predicted octanol–water partition coefficient (Wildman–Crippen LogP) is 3.79. The minimum Gasteiger partial charge on any atom is -0.398 e. The molecule has 0 unspecified atom stereocenters. The van der Waals surface area contributed by atoms with Crippen molar-refractivity contribution in [2.24, 2.45) is 0 Å². The Kier molecular flexibility index (Phi) is 2.44. The van der Waals surface area contributed by atoms with Gasteiger partial charge < -0.3 is 5.73 Å². The first-order valence-corrected chi connectivity index (χ1v) is 5.17. The van der Waals surface area contributed by atoms with Crippen molar-refractivity contribution in [2.75, 3.05) is 5.73 Å². The summed E-state index contributed by atoms with van der Waals surface area (Å²) < 4.78 is 13.5. The highest BCUT2D eigenvalue weighted by Gasteiger charge is 2.05. The third-order valence-corrected chi connectivity index (χ3v) is 3.12. The molecule has 0 radical (unpaired) electrons. The van der Waals surface area contributed by atoms with Crippen LogP contribution in [-0.2, 0) is 0 Å². The molecule has 0 bridgehead atoms. The minimum absolute atomic E-state index is 0.325. The predicted molar refractivity (Wildman–Crippen MR) is 59.1 cm³/mol. The van der Waals surface area contributed by atoms with Crippen LogP contribution in [0.25, 0.3) is 10.4 Å². The van der Waals surface area contributed by atoms with Gasteiger partial charge in [0.25, 0.3) is 0 Å². The largest absolute Gasteiger partial charge is 0.398 e. The second-order valence-electron chi connectivity index (χ2n) is 2.84. The Morgan fingerprint density at radius 2 is 2.00 bits per heavy atom. The van der Waals surface area contributed by atoms with Gasteiger partial charge in [-0.1, -0.05) is 11.6 Å². The summed E-state index contributed by atoms with van der Waals surface area (Å²) in [5, 5.41) is 0. The molecule has 0 saturated heterocycles. The van der Waals surface area contributed by atoms with E-state index in [0.717, 1.165) is 10.4 Å². The van der Waals surface area contributed by atoms with Gasteiger partial charge in [-0.3, -0.25) is 0 Å². The summed E-state index contributed by atoms with van der Waals surface area (Å²) >= 11 is 7.22. The number of nitrogens with two attached hydrogens (primary N) is 1. The van der Waals surface area contributed by atoms with Gasteiger partial charge in [-0.2, -0.15) is 0 Å². The number of nitrogen functional groups attached to an aromatic ring is 1. The first-order chi connectivity index (χ1) is 6.66. The Morgan fingerprint density at radius 3 is 2.57 bits per heavy atom. The van der Waals surface area contributed by atoms with Crippen molar-refractivity contribution in [2.45, 2.75) is 0 Å². The van der Waals surface area contributed by atoms with Crippen LogP contribution >= 0.6 is 22.9 Å². The van der Waals surface area contributed by atoms with Crippen LogP contribution in [0.15, 0.2) is 30.3 Å². The molecule has 14 heavy (non-hydrogen) atoms. The molecule has 0 aliphatic rings. The van der Waals surface area contributed by atoms with Crippen molar-refractivity contribution in [1.29, 1.82) is 0 Å². The fourth-order valence-electron chi connectivity index (χ4n) is 1.22. The summed E-state index contributed by atoms with van der Waals surface area (Å²) in [6.07, 6.45) is 0. The minimum atomic E-state index is -0.325. The Hall–Kier alpha value is -1.06. The summed E-state index contributed by atoms with van der Waals surface area (Å²) in [6, 6.07) is 8.02. The Morgan fingerprint density at radius 1 is 1.21 bits per heavy atom. The molecule has 1 nitrogen and oxygen atoms in total. The molecule has 0 amide bonds. The number of hydrogen-bond donors (Lipinski definition) is 1. The lowest BCUT2D eigenvalue weighted by Crippen LogP contribution is -1.89. The fourth-order valence-corrected chi connectivity index (χ4v) is 2.31. The highest BCUT2D eigenvalue weighted by molar-refractivity contribution is 7.19. The first kappa shape index (κ1) is 9.49. The number of benzene rings is 1. The van der Waals surface area contributed by atoms with Gasteiger partial charge in [-0.25, -0.2) is 4.39 Å². The summed E-state index contributed by atoms with van der Waals surface area (Å²) in [6.45, 7) is 0. The van der Waals surface area contributed by atoms with Crippen molar-refractivity contribution in [3.8, 4) is 10.4 Å². The molecular weight excluding hydrogens is 221 g/mol. The highest BCUT2D eigenvalue weighted by atomic mass is 35.5. The topological polar surface area (TPSA) is 26.0 Å². The lowest BCUT2D eigenvalue weighted by atomic mass is 10.1. The molecule has 0 spiro atoms. The number of halogens is 2. The first-order valence-electron chi connectivity index (χ1n) is 3.97. The molecule has 0 saturated carbocycles. The Balaban J connectivity index is 2.52. The van der Waals surface area contributed by atoms with E-state index in [9.17, 15) is 4.39 Å². The van der Waals surface area contributed by atoms with Crippen molar-refractivity contribution in [3.05, 3.63) is 40.5 Å².